The third-order valence-electron chi connectivity index (χ3n) is 1.68. The van der Waals surface area contributed by atoms with E-state index in [-0.39, 0.29) is 0 Å². The predicted molar refractivity (Wildman–Crippen MR) is 44.4 cm³/mol. The average molecular weight is 143 g/mol. The van der Waals surface area contributed by atoms with Gasteiger partial charge in [-0.05, 0) is 17.5 Å². The molecule has 0 aromatic heterocycles. The molecule has 1 nitrogen and oxygen atoms in total. The van der Waals surface area contributed by atoms with Gasteiger partial charge in [0.1, 0.15) is 5.75 Å². The molecular weight excluding hydrogens is 136 g/mol. The maximum atomic E-state index is 9.35. The molecule has 2 aromatic rings. The number of hydrogen-bond donors (Lipinski definition) is 1. The van der Waals surface area contributed by atoms with E-state index in [1.54, 1.807) is 6.07 Å². The first-order valence-corrected chi connectivity index (χ1v) is 3.46. The first kappa shape index (κ1) is 6.23. The molecule has 2 aromatic carbocycles. The molecule has 11 heavy (non-hydrogen) atoms. The van der Waals surface area contributed by atoms with E-state index >= 15 is 0 Å². The van der Waals surface area contributed by atoms with Gasteiger partial charge in [-0.15, -0.1) is 0 Å². The molecule has 1 N–H and O–H groups in total. The minimum Gasteiger partial charge on any atom is -0.507 e. The molecule has 0 amide bonds. The number of hydrogen-bond acceptors (Lipinski definition) is 1. The summed E-state index contributed by atoms with van der Waals surface area (Å²) in [6.07, 6.45) is 0. The lowest BCUT2D eigenvalue weighted by Crippen LogP contribution is -1.71. The van der Waals surface area contributed by atoms with Crippen LogP contribution in [-0.4, -0.2) is 5.11 Å². The molecule has 0 aliphatic carbocycles. The Morgan fingerprint density at radius 2 is 2.00 bits per heavy atom. The number of benzene rings is 2. The summed E-state index contributed by atoms with van der Waals surface area (Å²) in [5.74, 6) is 0.319. The van der Waals surface area contributed by atoms with Crippen molar-refractivity contribution in [2.45, 2.75) is 0 Å². The zero-order valence-corrected chi connectivity index (χ0v) is 5.91. The summed E-state index contributed by atoms with van der Waals surface area (Å²) in [5, 5.41) is 11.2. The molecule has 0 saturated carbocycles. The van der Waals surface area contributed by atoms with Crippen LogP contribution in [0.25, 0.3) is 10.8 Å². The van der Waals surface area contributed by atoms with Crippen LogP contribution in [0.15, 0.2) is 36.4 Å². The van der Waals surface area contributed by atoms with Crippen LogP contribution in [0.4, 0.5) is 0 Å². The molecular formula is C10H7O. The molecule has 0 spiro atoms. The molecule has 2 rings (SSSR count). The van der Waals surface area contributed by atoms with Crippen LogP contribution >= 0.6 is 0 Å². The van der Waals surface area contributed by atoms with Crippen molar-refractivity contribution in [2.24, 2.45) is 0 Å². The van der Waals surface area contributed by atoms with E-state index in [9.17, 15) is 5.11 Å². The Balaban J connectivity index is 2.91. The Kier molecular flexibility index (Phi) is 1.29. The van der Waals surface area contributed by atoms with Crippen molar-refractivity contribution in [3.8, 4) is 5.75 Å². The maximum Gasteiger partial charge on any atom is 0.123 e. The summed E-state index contributed by atoms with van der Waals surface area (Å²) >= 11 is 0. The summed E-state index contributed by atoms with van der Waals surface area (Å²) in [6.45, 7) is 0. The zero-order valence-electron chi connectivity index (χ0n) is 5.91. The zero-order chi connectivity index (χ0) is 7.68. The van der Waals surface area contributed by atoms with Crippen molar-refractivity contribution in [3.63, 3.8) is 0 Å². The van der Waals surface area contributed by atoms with Crippen LogP contribution in [0.5, 0.6) is 5.75 Å². The van der Waals surface area contributed by atoms with Crippen LogP contribution in [0, 0.1) is 6.07 Å². The molecule has 0 saturated heterocycles. The van der Waals surface area contributed by atoms with Crippen molar-refractivity contribution >= 4 is 10.8 Å². The van der Waals surface area contributed by atoms with Crippen LogP contribution in [-0.2, 0) is 0 Å². The van der Waals surface area contributed by atoms with Gasteiger partial charge in [0.05, 0.1) is 0 Å². The minimum absolute atomic E-state index is 0.319. The van der Waals surface area contributed by atoms with Crippen LogP contribution in [0.2, 0.25) is 0 Å². The molecule has 1 heteroatoms. The molecule has 0 unspecified atom stereocenters. The highest BCUT2D eigenvalue weighted by molar-refractivity contribution is 5.87. The van der Waals surface area contributed by atoms with E-state index in [1.807, 2.05) is 30.3 Å². The molecule has 0 atom stereocenters. The summed E-state index contributed by atoms with van der Waals surface area (Å²) in [5.41, 5.74) is 0. The molecule has 0 aliphatic heterocycles. The van der Waals surface area contributed by atoms with Gasteiger partial charge in [0.25, 0.3) is 0 Å². The second-order valence-corrected chi connectivity index (χ2v) is 2.41. The summed E-state index contributed by atoms with van der Waals surface area (Å²) in [4.78, 5) is 0. The lowest BCUT2D eigenvalue weighted by atomic mass is 10.1. The topological polar surface area (TPSA) is 20.2 Å². The van der Waals surface area contributed by atoms with E-state index < -0.39 is 0 Å². The second-order valence-electron chi connectivity index (χ2n) is 2.41. The first-order valence-electron chi connectivity index (χ1n) is 3.46. The van der Waals surface area contributed by atoms with Gasteiger partial charge in [0.2, 0.25) is 0 Å². The SMILES string of the molecule is Oc1cccc2[c]cccc12. The Bertz CT molecular complexity index is 374. The highest BCUT2D eigenvalue weighted by atomic mass is 16.3. The number of fused-ring (bicyclic) bond motifs is 1. The third-order valence-corrected chi connectivity index (χ3v) is 1.68. The van der Waals surface area contributed by atoms with Gasteiger partial charge in [-0.3, -0.25) is 0 Å². The molecule has 0 fully saturated rings. The number of phenols is 1. The standard InChI is InChI=1S/C10H7O/c11-10-7-3-5-8-4-1-2-6-9(8)10/h1-3,5-7,11H. The summed E-state index contributed by atoms with van der Waals surface area (Å²) in [6, 6.07) is 14.0. The Morgan fingerprint density at radius 1 is 1.09 bits per heavy atom. The van der Waals surface area contributed by atoms with Crippen molar-refractivity contribution in [1.82, 2.24) is 0 Å². The van der Waals surface area contributed by atoms with Gasteiger partial charge in [0, 0.05) is 5.39 Å². The first-order chi connectivity index (χ1) is 5.38. The highest BCUT2D eigenvalue weighted by Crippen LogP contribution is 2.22. The Labute approximate surface area is 64.9 Å². The van der Waals surface area contributed by atoms with Gasteiger partial charge in [0.15, 0.2) is 0 Å². The van der Waals surface area contributed by atoms with E-state index in [0.717, 1.165) is 10.8 Å². The third kappa shape index (κ3) is 0.944. The largest absolute Gasteiger partial charge is 0.507 e. The van der Waals surface area contributed by atoms with E-state index in [1.165, 1.54) is 0 Å². The van der Waals surface area contributed by atoms with E-state index in [0.29, 0.717) is 5.75 Å². The average Bonchev–Trinajstić information content (AvgIpc) is 2.06. The van der Waals surface area contributed by atoms with E-state index in [4.69, 9.17) is 0 Å². The number of rotatable bonds is 0. The van der Waals surface area contributed by atoms with Crippen LogP contribution < -0.4 is 0 Å². The maximum absolute atomic E-state index is 9.35. The van der Waals surface area contributed by atoms with Gasteiger partial charge >= 0.3 is 0 Å². The van der Waals surface area contributed by atoms with Crippen molar-refractivity contribution in [2.75, 3.05) is 0 Å². The van der Waals surface area contributed by atoms with Crippen LogP contribution in [0.1, 0.15) is 0 Å². The van der Waals surface area contributed by atoms with Crippen molar-refractivity contribution in [1.29, 1.82) is 0 Å². The Hall–Kier alpha value is -1.50. The monoisotopic (exact) mass is 143 g/mol. The lowest BCUT2D eigenvalue weighted by Gasteiger charge is -1.97. The minimum atomic E-state index is 0.319. The quantitative estimate of drug-likeness (QED) is 0.600. The van der Waals surface area contributed by atoms with Gasteiger partial charge in [-0.2, -0.15) is 0 Å². The van der Waals surface area contributed by atoms with Crippen LogP contribution in [0.3, 0.4) is 0 Å². The molecule has 0 bridgehead atoms. The smallest absolute Gasteiger partial charge is 0.123 e. The normalized spacial score (nSPS) is 10.2. The summed E-state index contributed by atoms with van der Waals surface area (Å²) in [7, 11) is 0. The van der Waals surface area contributed by atoms with Gasteiger partial charge < -0.3 is 5.11 Å². The second kappa shape index (κ2) is 2.27. The fourth-order valence-electron chi connectivity index (χ4n) is 1.14. The molecule has 53 valence electrons. The predicted octanol–water partition coefficient (Wildman–Crippen LogP) is 2.35. The number of phenolic OH excluding ortho intramolecular Hbond substituents is 1. The van der Waals surface area contributed by atoms with Crippen molar-refractivity contribution < 1.29 is 5.11 Å². The molecule has 0 aliphatic rings. The van der Waals surface area contributed by atoms with Crippen molar-refractivity contribution in [3.05, 3.63) is 42.5 Å². The fourth-order valence-corrected chi connectivity index (χ4v) is 1.14. The van der Waals surface area contributed by atoms with E-state index in [2.05, 4.69) is 6.07 Å². The number of aromatic hydroxyl groups is 1. The molecule has 0 heterocycles. The fraction of sp³-hybridized carbons (Fsp3) is 0. The lowest BCUT2D eigenvalue weighted by molar-refractivity contribution is 0.481. The summed E-state index contributed by atoms with van der Waals surface area (Å²) < 4.78 is 0. The highest BCUT2D eigenvalue weighted by Gasteiger charge is 1.94. The van der Waals surface area contributed by atoms with Gasteiger partial charge in [-0.25, -0.2) is 0 Å². The van der Waals surface area contributed by atoms with Gasteiger partial charge in [-0.1, -0.05) is 30.3 Å². The molecule has 1 radical (unpaired) electrons. The Morgan fingerprint density at radius 3 is 2.82 bits per heavy atom.